The largest absolute Gasteiger partial charge is 0.307 e. The molecule has 1 rings (SSSR count). The zero-order chi connectivity index (χ0) is 10.6. The number of nitrogens with zero attached hydrogens (tertiary/aromatic N) is 3. The Morgan fingerprint density at radius 3 is 2.71 bits per heavy atom. The number of hydrogen-bond donors (Lipinski definition) is 1. The van der Waals surface area contributed by atoms with Crippen LogP contribution in [-0.4, -0.2) is 20.8 Å². The Bertz CT molecular complexity index is 269. The number of aryl methyl sites for hydroxylation is 1. The van der Waals surface area contributed by atoms with Gasteiger partial charge >= 0.3 is 0 Å². The quantitative estimate of drug-likeness (QED) is 0.772. The van der Waals surface area contributed by atoms with Crippen LogP contribution in [0, 0.1) is 5.92 Å². The van der Waals surface area contributed by atoms with Crippen LogP contribution in [0.15, 0.2) is 6.33 Å². The Hall–Kier alpha value is -0.900. The lowest BCUT2D eigenvalue weighted by atomic mass is 10.0. The lowest BCUT2D eigenvalue weighted by molar-refractivity contribution is 0.385. The van der Waals surface area contributed by atoms with Gasteiger partial charge in [-0.15, -0.1) is 0 Å². The molecule has 0 aromatic carbocycles. The van der Waals surface area contributed by atoms with E-state index in [4.69, 9.17) is 0 Å². The molecule has 0 radical (unpaired) electrons. The topological polar surface area (TPSA) is 42.7 Å². The highest BCUT2D eigenvalue weighted by atomic mass is 15.3. The van der Waals surface area contributed by atoms with Gasteiger partial charge in [-0.1, -0.05) is 20.3 Å². The van der Waals surface area contributed by atoms with Crippen LogP contribution in [0.25, 0.3) is 0 Å². The monoisotopic (exact) mass is 196 g/mol. The summed E-state index contributed by atoms with van der Waals surface area (Å²) in [5, 5.41) is 7.64. The van der Waals surface area contributed by atoms with Gasteiger partial charge in [0, 0.05) is 13.1 Å². The molecule has 2 atom stereocenters. The van der Waals surface area contributed by atoms with Gasteiger partial charge in [-0.05, 0) is 12.8 Å². The van der Waals surface area contributed by atoms with Crippen molar-refractivity contribution in [3.8, 4) is 0 Å². The minimum absolute atomic E-state index is 0.517. The highest BCUT2D eigenvalue weighted by molar-refractivity contribution is 4.81. The number of hydrogen-bond acceptors (Lipinski definition) is 3. The van der Waals surface area contributed by atoms with Crippen LogP contribution >= 0.6 is 0 Å². The molecular weight excluding hydrogens is 176 g/mol. The van der Waals surface area contributed by atoms with Gasteiger partial charge in [0.15, 0.2) is 5.82 Å². The van der Waals surface area contributed by atoms with Crippen molar-refractivity contribution in [1.82, 2.24) is 20.1 Å². The second-order valence-electron chi connectivity index (χ2n) is 3.89. The van der Waals surface area contributed by atoms with E-state index in [1.165, 1.54) is 6.42 Å². The van der Waals surface area contributed by atoms with E-state index in [1.54, 1.807) is 11.0 Å². The third-order valence-electron chi connectivity index (χ3n) is 2.73. The normalized spacial score (nSPS) is 15.4. The summed E-state index contributed by atoms with van der Waals surface area (Å²) in [7, 11) is 1.88. The number of nitrogens with one attached hydrogen (secondary N) is 1. The molecule has 1 heterocycles. The first-order valence-electron chi connectivity index (χ1n) is 5.21. The summed E-state index contributed by atoms with van der Waals surface area (Å²) in [6, 6.07) is 0.517. The van der Waals surface area contributed by atoms with E-state index >= 15 is 0 Å². The summed E-state index contributed by atoms with van der Waals surface area (Å²) in [5.74, 6) is 1.56. The highest BCUT2D eigenvalue weighted by Gasteiger charge is 2.09. The Labute approximate surface area is 85.7 Å². The first kappa shape index (κ1) is 11.2. The molecule has 0 aliphatic rings. The predicted octanol–water partition coefficient (Wildman–Crippen LogP) is 1.34. The molecular formula is C10H20N4. The molecule has 0 spiro atoms. The fourth-order valence-corrected chi connectivity index (χ4v) is 1.27. The summed E-state index contributed by atoms with van der Waals surface area (Å²) in [5.41, 5.74) is 0. The molecule has 4 nitrogen and oxygen atoms in total. The van der Waals surface area contributed by atoms with Crippen LogP contribution in [-0.2, 0) is 13.6 Å². The van der Waals surface area contributed by atoms with Crippen LogP contribution in [0.2, 0.25) is 0 Å². The van der Waals surface area contributed by atoms with Gasteiger partial charge < -0.3 is 5.32 Å². The highest BCUT2D eigenvalue weighted by Crippen LogP contribution is 2.06. The molecule has 0 saturated heterocycles. The van der Waals surface area contributed by atoms with Crippen LogP contribution < -0.4 is 5.32 Å². The van der Waals surface area contributed by atoms with Crippen molar-refractivity contribution in [2.45, 2.75) is 39.8 Å². The van der Waals surface area contributed by atoms with Gasteiger partial charge in [-0.2, -0.15) is 5.10 Å². The SMILES string of the molecule is CCC(C)C(C)NCc1ncn(C)n1. The van der Waals surface area contributed by atoms with Crippen molar-refractivity contribution < 1.29 is 0 Å². The summed E-state index contributed by atoms with van der Waals surface area (Å²) in [6.07, 6.45) is 2.93. The summed E-state index contributed by atoms with van der Waals surface area (Å²) in [4.78, 5) is 4.16. The lowest BCUT2D eigenvalue weighted by Gasteiger charge is -2.18. The van der Waals surface area contributed by atoms with Crippen molar-refractivity contribution in [2.24, 2.45) is 13.0 Å². The molecule has 0 amide bonds. The van der Waals surface area contributed by atoms with Gasteiger partial charge in [-0.25, -0.2) is 4.98 Å². The molecule has 1 N–H and O–H groups in total. The number of aromatic nitrogens is 3. The van der Waals surface area contributed by atoms with Gasteiger partial charge in [-0.3, -0.25) is 4.68 Å². The maximum atomic E-state index is 4.21. The second kappa shape index (κ2) is 5.10. The minimum Gasteiger partial charge on any atom is -0.307 e. The first-order chi connectivity index (χ1) is 6.63. The average Bonchev–Trinajstić information content (AvgIpc) is 2.59. The molecule has 0 aliphatic carbocycles. The molecule has 14 heavy (non-hydrogen) atoms. The molecule has 0 fully saturated rings. The van der Waals surface area contributed by atoms with Crippen LogP contribution in [0.5, 0.6) is 0 Å². The Morgan fingerprint density at radius 2 is 2.21 bits per heavy atom. The average molecular weight is 196 g/mol. The molecule has 0 aliphatic heterocycles. The van der Waals surface area contributed by atoms with Gasteiger partial charge in [0.2, 0.25) is 0 Å². The molecule has 1 aromatic rings. The minimum atomic E-state index is 0.517. The van der Waals surface area contributed by atoms with E-state index in [-0.39, 0.29) is 0 Å². The van der Waals surface area contributed by atoms with E-state index < -0.39 is 0 Å². The molecule has 1 aromatic heterocycles. The smallest absolute Gasteiger partial charge is 0.164 e. The van der Waals surface area contributed by atoms with Crippen molar-refractivity contribution in [1.29, 1.82) is 0 Å². The Balaban J connectivity index is 2.33. The maximum Gasteiger partial charge on any atom is 0.164 e. The third-order valence-corrected chi connectivity index (χ3v) is 2.73. The van der Waals surface area contributed by atoms with E-state index in [9.17, 15) is 0 Å². The third kappa shape index (κ3) is 3.10. The Morgan fingerprint density at radius 1 is 1.50 bits per heavy atom. The van der Waals surface area contributed by atoms with Gasteiger partial charge in [0.05, 0.1) is 6.54 Å². The maximum absolute atomic E-state index is 4.21. The fourth-order valence-electron chi connectivity index (χ4n) is 1.27. The van der Waals surface area contributed by atoms with Crippen LogP contribution in [0.1, 0.15) is 33.0 Å². The molecule has 0 bridgehead atoms. The second-order valence-corrected chi connectivity index (χ2v) is 3.89. The predicted molar refractivity (Wildman–Crippen MR) is 56.8 cm³/mol. The zero-order valence-electron chi connectivity index (χ0n) is 9.49. The lowest BCUT2D eigenvalue weighted by Crippen LogP contribution is -2.31. The van der Waals surface area contributed by atoms with Gasteiger partial charge in [0.25, 0.3) is 0 Å². The van der Waals surface area contributed by atoms with E-state index in [2.05, 4.69) is 36.2 Å². The van der Waals surface area contributed by atoms with Crippen LogP contribution in [0.4, 0.5) is 0 Å². The standard InChI is InChI=1S/C10H20N4/c1-5-8(2)9(3)11-6-10-12-7-14(4)13-10/h7-9,11H,5-6H2,1-4H3. The van der Waals surface area contributed by atoms with E-state index in [0.29, 0.717) is 12.0 Å². The molecule has 2 unspecified atom stereocenters. The zero-order valence-corrected chi connectivity index (χ0v) is 9.49. The summed E-state index contributed by atoms with van der Waals surface area (Å²) in [6.45, 7) is 7.43. The van der Waals surface area contributed by atoms with E-state index in [1.807, 2.05) is 7.05 Å². The molecule has 0 saturated carbocycles. The molecule has 4 heteroatoms. The van der Waals surface area contributed by atoms with Gasteiger partial charge in [0.1, 0.15) is 6.33 Å². The van der Waals surface area contributed by atoms with Crippen molar-refractivity contribution >= 4 is 0 Å². The fraction of sp³-hybridized carbons (Fsp3) is 0.800. The summed E-state index contributed by atoms with van der Waals surface area (Å²) >= 11 is 0. The van der Waals surface area contributed by atoms with Crippen LogP contribution in [0.3, 0.4) is 0 Å². The van der Waals surface area contributed by atoms with Crippen molar-refractivity contribution in [3.63, 3.8) is 0 Å². The van der Waals surface area contributed by atoms with E-state index in [0.717, 1.165) is 12.4 Å². The molecule has 80 valence electrons. The first-order valence-corrected chi connectivity index (χ1v) is 5.21. The van der Waals surface area contributed by atoms with Crippen molar-refractivity contribution in [2.75, 3.05) is 0 Å². The summed E-state index contributed by atoms with van der Waals surface area (Å²) < 4.78 is 1.73. The Kier molecular flexibility index (Phi) is 4.07. The number of rotatable bonds is 5. The van der Waals surface area contributed by atoms with Crippen molar-refractivity contribution in [3.05, 3.63) is 12.2 Å².